The summed E-state index contributed by atoms with van der Waals surface area (Å²) in [4.78, 5) is 1.27. The lowest BCUT2D eigenvalue weighted by Crippen LogP contribution is -2.40. The van der Waals surface area contributed by atoms with Gasteiger partial charge in [0, 0.05) is 17.0 Å². The Morgan fingerprint density at radius 3 is 2.41 bits per heavy atom. The second kappa shape index (κ2) is 6.92. The molecule has 0 aromatic heterocycles. The number of thioether (sulfide) groups is 1. The molecular formula is C14H23NOS. The van der Waals surface area contributed by atoms with Crippen molar-refractivity contribution in [1.29, 1.82) is 0 Å². The third-order valence-electron chi connectivity index (χ3n) is 2.92. The van der Waals surface area contributed by atoms with Crippen molar-refractivity contribution in [3.05, 3.63) is 24.3 Å². The van der Waals surface area contributed by atoms with E-state index in [9.17, 15) is 0 Å². The molecule has 96 valence electrons. The van der Waals surface area contributed by atoms with Crippen molar-refractivity contribution in [3.63, 3.8) is 0 Å². The minimum atomic E-state index is 0.200. The molecule has 0 radical (unpaired) electrons. The minimum absolute atomic E-state index is 0.200. The molecule has 0 saturated heterocycles. The molecule has 0 fully saturated rings. The van der Waals surface area contributed by atoms with Crippen LogP contribution in [0.3, 0.4) is 0 Å². The van der Waals surface area contributed by atoms with E-state index in [0.717, 1.165) is 18.7 Å². The monoisotopic (exact) mass is 253 g/mol. The zero-order valence-corrected chi connectivity index (χ0v) is 12.1. The third kappa shape index (κ3) is 5.46. The predicted molar refractivity (Wildman–Crippen MR) is 76.1 cm³/mol. The second-order valence-electron chi connectivity index (χ2n) is 4.69. The molecule has 1 aromatic carbocycles. The largest absolute Gasteiger partial charge is 0.492 e. The van der Waals surface area contributed by atoms with Crippen molar-refractivity contribution < 1.29 is 4.74 Å². The standard InChI is InChI=1S/C14H23NOS/c1-5-14(2,3)15-10-11-16-12-6-8-13(17-4)9-7-12/h6-9,15H,5,10-11H2,1-4H3. The SMILES string of the molecule is CCC(C)(C)NCCOc1ccc(SC)cc1. The van der Waals surface area contributed by atoms with E-state index in [0.29, 0.717) is 6.61 Å². The molecular weight excluding hydrogens is 230 g/mol. The lowest BCUT2D eigenvalue weighted by atomic mass is 10.0. The number of ether oxygens (including phenoxy) is 1. The summed E-state index contributed by atoms with van der Waals surface area (Å²) in [5, 5.41) is 3.47. The van der Waals surface area contributed by atoms with E-state index in [1.807, 2.05) is 12.1 Å². The van der Waals surface area contributed by atoms with Gasteiger partial charge < -0.3 is 10.1 Å². The average Bonchev–Trinajstić information content (AvgIpc) is 2.35. The van der Waals surface area contributed by atoms with Gasteiger partial charge in [-0.25, -0.2) is 0 Å². The first-order valence-corrected chi connectivity index (χ1v) is 7.32. The smallest absolute Gasteiger partial charge is 0.119 e. The van der Waals surface area contributed by atoms with Crippen molar-refractivity contribution >= 4 is 11.8 Å². The average molecular weight is 253 g/mol. The van der Waals surface area contributed by atoms with Crippen LogP contribution in [0.2, 0.25) is 0 Å². The van der Waals surface area contributed by atoms with Crippen molar-refractivity contribution in [1.82, 2.24) is 5.32 Å². The Bertz CT molecular complexity index is 321. The number of nitrogens with one attached hydrogen (secondary N) is 1. The Hall–Kier alpha value is -0.670. The summed E-state index contributed by atoms with van der Waals surface area (Å²) < 4.78 is 5.67. The Morgan fingerprint density at radius 1 is 1.24 bits per heavy atom. The van der Waals surface area contributed by atoms with Gasteiger partial charge in [0.05, 0.1) is 0 Å². The molecule has 1 N–H and O–H groups in total. The number of benzene rings is 1. The van der Waals surface area contributed by atoms with E-state index in [1.54, 1.807) is 11.8 Å². The summed E-state index contributed by atoms with van der Waals surface area (Å²) in [6, 6.07) is 8.22. The van der Waals surface area contributed by atoms with Crippen LogP contribution in [-0.2, 0) is 0 Å². The van der Waals surface area contributed by atoms with Crippen molar-refractivity contribution in [2.24, 2.45) is 0 Å². The lowest BCUT2D eigenvalue weighted by molar-refractivity contribution is 0.281. The molecule has 3 heteroatoms. The number of hydrogen-bond donors (Lipinski definition) is 1. The van der Waals surface area contributed by atoms with Gasteiger partial charge in [-0.05, 0) is 50.8 Å². The first kappa shape index (κ1) is 14.4. The minimum Gasteiger partial charge on any atom is -0.492 e. The van der Waals surface area contributed by atoms with Crippen LogP contribution in [0.5, 0.6) is 5.75 Å². The fraction of sp³-hybridized carbons (Fsp3) is 0.571. The normalized spacial score (nSPS) is 11.5. The molecule has 0 spiro atoms. The summed E-state index contributed by atoms with van der Waals surface area (Å²) in [5.74, 6) is 0.943. The summed E-state index contributed by atoms with van der Waals surface area (Å²) in [5.41, 5.74) is 0.200. The summed E-state index contributed by atoms with van der Waals surface area (Å²) >= 11 is 1.74. The van der Waals surface area contributed by atoms with Crippen molar-refractivity contribution in [2.75, 3.05) is 19.4 Å². The highest BCUT2D eigenvalue weighted by Gasteiger charge is 2.12. The maximum atomic E-state index is 5.67. The van der Waals surface area contributed by atoms with Gasteiger partial charge in [-0.2, -0.15) is 0 Å². The first-order chi connectivity index (χ1) is 8.07. The molecule has 17 heavy (non-hydrogen) atoms. The fourth-order valence-electron chi connectivity index (χ4n) is 1.36. The fourth-order valence-corrected chi connectivity index (χ4v) is 1.76. The second-order valence-corrected chi connectivity index (χ2v) is 5.57. The highest BCUT2D eigenvalue weighted by molar-refractivity contribution is 7.98. The highest BCUT2D eigenvalue weighted by atomic mass is 32.2. The molecule has 0 unspecified atom stereocenters. The predicted octanol–water partition coefficient (Wildman–Crippen LogP) is 3.57. The Kier molecular flexibility index (Phi) is 5.86. The molecule has 0 heterocycles. The molecule has 0 aliphatic rings. The first-order valence-electron chi connectivity index (χ1n) is 6.09. The van der Waals surface area contributed by atoms with Gasteiger partial charge in [-0.3, -0.25) is 0 Å². The van der Waals surface area contributed by atoms with Crippen molar-refractivity contribution in [2.45, 2.75) is 37.6 Å². The lowest BCUT2D eigenvalue weighted by Gasteiger charge is -2.24. The molecule has 0 aliphatic heterocycles. The van der Waals surface area contributed by atoms with Crippen LogP contribution in [0.4, 0.5) is 0 Å². The van der Waals surface area contributed by atoms with Gasteiger partial charge in [0.15, 0.2) is 0 Å². The molecule has 0 saturated carbocycles. The maximum absolute atomic E-state index is 5.67. The summed E-state index contributed by atoms with van der Waals surface area (Å²) in [6.07, 6.45) is 3.20. The molecule has 1 rings (SSSR count). The molecule has 1 aromatic rings. The molecule has 0 atom stereocenters. The molecule has 2 nitrogen and oxygen atoms in total. The van der Waals surface area contributed by atoms with Gasteiger partial charge >= 0.3 is 0 Å². The Balaban J connectivity index is 2.26. The van der Waals surface area contributed by atoms with Crippen LogP contribution in [-0.4, -0.2) is 24.9 Å². The Morgan fingerprint density at radius 2 is 1.88 bits per heavy atom. The van der Waals surface area contributed by atoms with Crippen LogP contribution in [0.25, 0.3) is 0 Å². The van der Waals surface area contributed by atoms with Crippen LogP contribution >= 0.6 is 11.8 Å². The highest BCUT2D eigenvalue weighted by Crippen LogP contribution is 2.18. The number of rotatable bonds is 7. The van der Waals surface area contributed by atoms with Crippen LogP contribution in [0.15, 0.2) is 29.2 Å². The summed E-state index contributed by atoms with van der Waals surface area (Å²) in [6.45, 7) is 8.20. The van der Waals surface area contributed by atoms with Crippen LogP contribution in [0, 0.1) is 0 Å². The van der Waals surface area contributed by atoms with E-state index in [-0.39, 0.29) is 5.54 Å². The van der Waals surface area contributed by atoms with Crippen LogP contribution < -0.4 is 10.1 Å². The maximum Gasteiger partial charge on any atom is 0.119 e. The van der Waals surface area contributed by atoms with Gasteiger partial charge in [0.1, 0.15) is 12.4 Å². The van der Waals surface area contributed by atoms with Gasteiger partial charge in [-0.1, -0.05) is 6.92 Å². The van der Waals surface area contributed by atoms with E-state index in [2.05, 4.69) is 44.5 Å². The van der Waals surface area contributed by atoms with Gasteiger partial charge in [0.25, 0.3) is 0 Å². The van der Waals surface area contributed by atoms with E-state index in [1.165, 1.54) is 4.90 Å². The molecule has 0 aliphatic carbocycles. The third-order valence-corrected chi connectivity index (χ3v) is 3.66. The molecule has 0 amide bonds. The van der Waals surface area contributed by atoms with E-state index in [4.69, 9.17) is 4.74 Å². The Labute approximate surface area is 109 Å². The molecule has 0 bridgehead atoms. The van der Waals surface area contributed by atoms with Gasteiger partial charge in [-0.15, -0.1) is 11.8 Å². The van der Waals surface area contributed by atoms with E-state index >= 15 is 0 Å². The van der Waals surface area contributed by atoms with Crippen LogP contribution in [0.1, 0.15) is 27.2 Å². The van der Waals surface area contributed by atoms with Gasteiger partial charge in [0.2, 0.25) is 0 Å². The van der Waals surface area contributed by atoms with Crippen molar-refractivity contribution in [3.8, 4) is 5.75 Å². The quantitative estimate of drug-likeness (QED) is 0.593. The number of hydrogen-bond acceptors (Lipinski definition) is 3. The zero-order chi connectivity index (χ0) is 12.7. The zero-order valence-electron chi connectivity index (χ0n) is 11.2. The summed E-state index contributed by atoms with van der Waals surface area (Å²) in [7, 11) is 0. The topological polar surface area (TPSA) is 21.3 Å². The van der Waals surface area contributed by atoms with E-state index < -0.39 is 0 Å².